The van der Waals surface area contributed by atoms with E-state index in [1.165, 1.54) is 6.42 Å². The molecule has 1 rings (SSSR count). The van der Waals surface area contributed by atoms with E-state index in [1.807, 2.05) is 0 Å². The van der Waals surface area contributed by atoms with Gasteiger partial charge in [-0.2, -0.15) is 0 Å². The molecule has 2 unspecified atom stereocenters. The van der Waals surface area contributed by atoms with Gasteiger partial charge in [0.1, 0.15) is 0 Å². The van der Waals surface area contributed by atoms with E-state index < -0.39 is 0 Å². The molecule has 0 radical (unpaired) electrons. The molecule has 1 aliphatic rings. The van der Waals surface area contributed by atoms with Crippen LogP contribution in [-0.4, -0.2) is 12.5 Å². The molecule has 0 aliphatic heterocycles. The van der Waals surface area contributed by atoms with Gasteiger partial charge >= 0.3 is 0 Å². The van der Waals surface area contributed by atoms with Crippen molar-refractivity contribution in [3.8, 4) is 0 Å². The van der Waals surface area contributed by atoms with Crippen molar-refractivity contribution in [2.45, 2.75) is 19.4 Å². The van der Waals surface area contributed by atoms with Crippen molar-refractivity contribution >= 4 is 18.8 Å². The van der Waals surface area contributed by atoms with Crippen LogP contribution in [0.25, 0.3) is 0 Å². The van der Waals surface area contributed by atoms with Crippen LogP contribution in [0.1, 0.15) is 13.3 Å². The molecule has 1 aliphatic carbocycles. The summed E-state index contributed by atoms with van der Waals surface area (Å²) in [6, 6.07) is 0.498. The highest BCUT2D eigenvalue weighted by molar-refractivity contribution is 5.85. The van der Waals surface area contributed by atoms with Gasteiger partial charge in [-0.25, -0.2) is 0 Å². The summed E-state index contributed by atoms with van der Waals surface area (Å²) < 4.78 is 0. The Hall–Kier alpha value is -0.240. The maximum atomic E-state index is 9.69. The fourth-order valence-corrected chi connectivity index (χ4v) is 0.642. The van der Waals surface area contributed by atoms with Gasteiger partial charge in [0.05, 0.1) is 0 Å². The fourth-order valence-electron chi connectivity index (χ4n) is 0.642. The van der Waals surface area contributed by atoms with Crippen LogP contribution >= 0.6 is 12.4 Å². The van der Waals surface area contributed by atoms with E-state index in [2.05, 4.69) is 12.2 Å². The zero-order valence-corrected chi connectivity index (χ0v) is 5.57. The molecular formula is C5H10ClNO. The first-order valence-electron chi connectivity index (χ1n) is 2.54. The summed E-state index contributed by atoms with van der Waals surface area (Å²) in [5, 5.41) is 2.69. The first-order valence-corrected chi connectivity index (χ1v) is 2.54. The fraction of sp³-hybridized carbons (Fsp3) is 0.800. The Kier molecular flexibility index (Phi) is 2.84. The van der Waals surface area contributed by atoms with E-state index in [0.717, 1.165) is 12.3 Å². The summed E-state index contributed by atoms with van der Waals surface area (Å²) >= 11 is 0. The van der Waals surface area contributed by atoms with Crippen molar-refractivity contribution < 1.29 is 4.79 Å². The number of carbonyl (C=O) groups is 1. The second-order valence-corrected chi connectivity index (χ2v) is 2.10. The van der Waals surface area contributed by atoms with Gasteiger partial charge in [-0.3, -0.25) is 4.79 Å². The van der Waals surface area contributed by atoms with Crippen molar-refractivity contribution in [2.24, 2.45) is 5.92 Å². The lowest BCUT2D eigenvalue weighted by molar-refractivity contribution is -0.109. The zero-order chi connectivity index (χ0) is 5.28. The van der Waals surface area contributed by atoms with Crippen LogP contribution in [0.2, 0.25) is 0 Å². The van der Waals surface area contributed by atoms with E-state index in [9.17, 15) is 4.79 Å². The van der Waals surface area contributed by atoms with Crippen LogP contribution in [0, 0.1) is 5.92 Å². The molecule has 2 atom stereocenters. The summed E-state index contributed by atoms with van der Waals surface area (Å²) in [7, 11) is 0. The van der Waals surface area contributed by atoms with Gasteiger partial charge in [-0.05, 0) is 12.3 Å². The molecule has 0 spiro atoms. The Labute approximate surface area is 55.1 Å². The number of carbonyl (C=O) groups excluding carboxylic acids is 1. The third-order valence-electron chi connectivity index (χ3n) is 1.39. The number of hydrogen-bond donors (Lipinski definition) is 1. The smallest absolute Gasteiger partial charge is 0.207 e. The third-order valence-corrected chi connectivity index (χ3v) is 1.39. The summed E-state index contributed by atoms with van der Waals surface area (Å²) in [6.45, 7) is 2.13. The minimum atomic E-state index is 0. The van der Waals surface area contributed by atoms with Crippen LogP contribution in [0.5, 0.6) is 0 Å². The number of hydrogen-bond acceptors (Lipinski definition) is 1. The maximum Gasteiger partial charge on any atom is 0.207 e. The van der Waals surface area contributed by atoms with Gasteiger partial charge in [-0.15, -0.1) is 12.4 Å². The Morgan fingerprint density at radius 2 is 2.25 bits per heavy atom. The summed E-state index contributed by atoms with van der Waals surface area (Å²) in [4.78, 5) is 9.69. The Balaban J connectivity index is 0.000000490. The molecule has 3 heteroatoms. The first kappa shape index (κ1) is 7.76. The van der Waals surface area contributed by atoms with Gasteiger partial charge in [0.25, 0.3) is 0 Å². The van der Waals surface area contributed by atoms with Crippen LogP contribution < -0.4 is 5.32 Å². The van der Waals surface area contributed by atoms with Crippen molar-refractivity contribution in [3.63, 3.8) is 0 Å². The molecule has 1 fully saturated rings. The average Bonchev–Trinajstić information content (AvgIpc) is 2.22. The Morgan fingerprint density at radius 3 is 2.38 bits per heavy atom. The van der Waals surface area contributed by atoms with Gasteiger partial charge in [0.15, 0.2) is 0 Å². The highest BCUT2D eigenvalue weighted by Crippen LogP contribution is 2.28. The molecule has 0 aromatic carbocycles. The molecule has 0 saturated heterocycles. The largest absolute Gasteiger partial charge is 0.356 e. The highest BCUT2D eigenvalue weighted by Gasteiger charge is 2.31. The van der Waals surface area contributed by atoms with Crippen molar-refractivity contribution in [2.75, 3.05) is 0 Å². The summed E-state index contributed by atoms with van der Waals surface area (Å²) in [6.07, 6.45) is 1.94. The van der Waals surface area contributed by atoms with Gasteiger partial charge in [0.2, 0.25) is 6.41 Å². The van der Waals surface area contributed by atoms with Crippen molar-refractivity contribution in [1.29, 1.82) is 0 Å². The van der Waals surface area contributed by atoms with Crippen molar-refractivity contribution in [1.82, 2.24) is 5.32 Å². The van der Waals surface area contributed by atoms with E-state index in [0.29, 0.717) is 6.04 Å². The van der Waals surface area contributed by atoms with Crippen LogP contribution in [0.15, 0.2) is 0 Å². The monoisotopic (exact) mass is 135 g/mol. The lowest BCUT2D eigenvalue weighted by Crippen LogP contribution is -2.14. The van der Waals surface area contributed by atoms with Crippen LogP contribution in [-0.2, 0) is 4.79 Å². The minimum Gasteiger partial charge on any atom is -0.356 e. The second kappa shape index (κ2) is 2.92. The quantitative estimate of drug-likeness (QED) is 0.551. The van der Waals surface area contributed by atoms with Crippen LogP contribution in [0.3, 0.4) is 0 Å². The molecule has 0 bridgehead atoms. The first-order chi connectivity index (χ1) is 3.34. The third kappa shape index (κ3) is 1.70. The lowest BCUT2D eigenvalue weighted by atomic mass is 10.5. The summed E-state index contributed by atoms with van der Waals surface area (Å²) in [5.74, 6) is 0.727. The zero-order valence-electron chi connectivity index (χ0n) is 4.76. The summed E-state index contributed by atoms with van der Waals surface area (Å²) in [5.41, 5.74) is 0. The SMILES string of the molecule is CC1CC1NC=O.Cl. The molecule has 0 aromatic heterocycles. The highest BCUT2D eigenvalue weighted by atomic mass is 35.5. The van der Waals surface area contributed by atoms with Gasteiger partial charge in [0, 0.05) is 6.04 Å². The average molecular weight is 136 g/mol. The molecule has 1 N–H and O–H groups in total. The van der Waals surface area contributed by atoms with Gasteiger partial charge in [-0.1, -0.05) is 6.92 Å². The predicted octanol–water partition coefficient (Wildman–Crippen LogP) is 0.563. The predicted molar refractivity (Wildman–Crippen MR) is 34.0 cm³/mol. The maximum absolute atomic E-state index is 9.69. The normalized spacial score (nSPS) is 32.6. The van der Waals surface area contributed by atoms with E-state index in [1.54, 1.807) is 0 Å². The molecule has 1 saturated carbocycles. The molecule has 0 aromatic rings. The van der Waals surface area contributed by atoms with E-state index in [4.69, 9.17) is 0 Å². The lowest BCUT2D eigenvalue weighted by Gasteiger charge is -1.86. The second-order valence-electron chi connectivity index (χ2n) is 2.10. The molecule has 1 amide bonds. The Bertz CT molecular complexity index is 86.5. The number of nitrogens with one attached hydrogen (secondary N) is 1. The molecule has 8 heavy (non-hydrogen) atoms. The van der Waals surface area contributed by atoms with E-state index >= 15 is 0 Å². The number of halogens is 1. The standard InChI is InChI=1S/C5H9NO.ClH/c1-4-2-5(4)6-3-7;/h3-5H,2H2,1H3,(H,6,7);1H. The molecule has 0 heterocycles. The number of rotatable bonds is 2. The minimum absolute atomic E-state index is 0. The number of amides is 1. The topological polar surface area (TPSA) is 29.1 Å². The van der Waals surface area contributed by atoms with Gasteiger partial charge < -0.3 is 5.32 Å². The van der Waals surface area contributed by atoms with Crippen LogP contribution in [0.4, 0.5) is 0 Å². The molecule has 2 nitrogen and oxygen atoms in total. The molecule has 48 valence electrons. The Morgan fingerprint density at radius 1 is 1.75 bits per heavy atom. The van der Waals surface area contributed by atoms with Crippen molar-refractivity contribution in [3.05, 3.63) is 0 Å². The van der Waals surface area contributed by atoms with E-state index in [-0.39, 0.29) is 12.4 Å². The molecular weight excluding hydrogens is 126 g/mol.